The largest absolute Gasteiger partial charge is 0.378 e. The van der Waals surface area contributed by atoms with Gasteiger partial charge in [-0.2, -0.15) is 0 Å². The third kappa shape index (κ3) is 4.09. The molecule has 0 aromatic carbocycles. The predicted octanol–water partition coefficient (Wildman–Crippen LogP) is 2.12. The summed E-state index contributed by atoms with van der Waals surface area (Å²) in [5.41, 5.74) is 0.551. The number of hydrogen-bond donors (Lipinski definition) is 0. The van der Waals surface area contributed by atoms with Crippen LogP contribution in [0, 0.1) is 0 Å². The topological polar surface area (TPSA) is 22.2 Å². The first-order chi connectivity index (χ1) is 12.6. The first-order valence-corrected chi connectivity index (χ1v) is 11.2. The molecule has 4 fully saturated rings. The maximum Gasteiger partial charge on any atom is 0.0635 e. The molecule has 4 saturated heterocycles. The van der Waals surface area contributed by atoms with E-state index in [0.29, 0.717) is 17.6 Å². The molecule has 4 rings (SSSR count). The van der Waals surface area contributed by atoms with Crippen LogP contribution in [-0.4, -0.2) is 107 Å². The number of morpholine rings is 1. The van der Waals surface area contributed by atoms with Crippen molar-refractivity contribution in [3.05, 3.63) is 0 Å². The van der Waals surface area contributed by atoms with Crippen molar-refractivity contribution >= 4 is 0 Å². The van der Waals surface area contributed by atoms with Gasteiger partial charge in [0, 0.05) is 74.5 Å². The van der Waals surface area contributed by atoms with Crippen molar-refractivity contribution in [1.82, 2.24) is 19.6 Å². The van der Waals surface area contributed by atoms with E-state index in [1.807, 2.05) is 0 Å². The Morgan fingerprint density at radius 3 is 1.74 bits per heavy atom. The van der Waals surface area contributed by atoms with Gasteiger partial charge in [-0.3, -0.25) is 19.6 Å². The molecule has 2 bridgehead atoms. The number of nitrogens with zero attached hydrogens (tertiary/aromatic N) is 4. The highest BCUT2D eigenvalue weighted by Crippen LogP contribution is 2.33. The number of piperazine rings is 2. The molecular formula is C22H42N4O. The summed E-state index contributed by atoms with van der Waals surface area (Å²) in [5.74, 6) is 0. The number of fused-ring (bicyclic) bond motifs is 3. The molecular weight excluding hydrogens is 336 g/mol. The second kappa shape index (κ2) is 7.24. The molecule has 0 aromatic heterocycles. The van der Waals surface area contributed by atoms with E-state index in [1.54, 1.807) is 0 Å². The normalized spacial score (nSPS) is 38.0. The Labute approximate surface area is 167 Å². The van der Waals surface area contributed by atoms with Crippen LogP contribution in [0.1, 0.15) is 54.4 Å². The van der Waals surface area contributed by atoms with Gasteiger partial charge in [-0.1, -0.05) is 0 Å². The van der Waals surface area contributed by atoms with Crippen LogP contribution in [0.25, 0.3) is 0 Å². The van der Waals surface area contributed by atoms with Crippen LogP contribution < -0.4 is 0 Å². The van der Waals surface area contributed by atoms with Gasteiger partial charge in [0.25, 0.3) is 0 Å². The van der Waals surface area contributed by atoms with Crippen LogP contribution in [0.2, 0.25) is 0 Å². The predicted molar refractivity (Wildman–Crippen MR) is 111 cm³/mol. The van der Waals surface area contributed by atoms with Crippen molar-refractivity contribution in [2.24, 2.45) is 0 Å². The SMILES string of the molecule is CC(C)(C)N1CCN2CC(N3CC4COCC(C3)N4C(C)(C)C)CCC2C1. The van der Waals surface area contributed by atoms with Gasteiger partial charge < -0.3 is 4.74 Å². The van der Waals surface area contributed by atoms with E-state index in [-0.39, 0.29) is 5.54 Å². The highest BCUT2D eigenvalue weighted by atomic mass is 16.5. The fraction of sp³-hybridized carbons (Fsp3) is 1.00. The van der Waals surface area contributed by atoms with Crippen molar-refractivity contribution < 1.29 is 4.74 Å². The van der Waals surface area contributed by atoms with Crippen LogP contribution in [-0.2, 0) is 4.74 Å². The standard InChI is InChI=1S/C22H42N4O/c1-21(2,3)25-10-9-23-11-17(7-8-18(23)14-25)24-12-19-15-27-16-20(13-24)26(19)22(4,5)6/h17-20H,7-16H2,1-6H3. The molecule has 0 radical (unpaired) electrons. The monoisotopic (exact) mass is 378 g/mol. The lowest BCUT2D eigenvalue weighted by Gasteiger charge is -2.58. The molecule has 4 atom stereocenters. The summed E-state index contributed by atoms with van der Waals surface area (Å²) >= 11 is 0. The lowest BCUT2D eigenvalue weighted by molar-refractivity contribution is -0.144. The molecule has 0 N–H and O–H groups in total. The van der Waals surface area contributed by atoms with Gasteiger partial charge >= 0.3 is 0 Å². The van der Waals surface area contributed by atoms with Crippen LogP contribution in [0.4, 0.5) is 0 Å². The van der Waals surface area contributed by atoms with E-state index in [9.17, 15) is 0 Å². The summed E-state index contributed by atoms with van der Waals surface area (Å²) in [5, 5.41) is 0. The van der Waals surface area contributed by atoms with Crippen molar-refractivity contribution in [3.63, 3.8) is 0 Å². The van der Waals surface area contributed by atoms with Gasteiger partial charge in [-0.15, -0.1) is 0 Å². The van der Waals surface area contributed by atoms with E-state index >= 15 is 0 Å². The summed E-state index contributed by atoms with van der Waals surface area (Å²) < 4.78 is 5.94. The van der Waals surface area contributed by atoms with E-state index in [1.165, 1.54) is 52.1 Å². The number of piperidine rings is 1. The minimum absolute atomic E-state index is 0.242. The smallest absolute Gasteiger partial charge is 0.0635 e. The van der Waals surface area contributed by atoms with Crippen LogP contribution >= 0.6 is 0 Å². The van der Waals surface area contributed by atoms with Crippen molar-refractivity contribution in [2.75, 3.05) is 52.5 Å². The average Bonchev–Trinajstić information content (AvgIpc) is 2.58. The second-order valence-corrected chi connectivity index (χ2v) is 11.4. The Kier molecular flexibility index (Phi) is 5.39. The molecule has 0 aromatic rings. The zero-order valence-electron chi connectivity index (χ0n) is 18.6. The second-order valence-electron chi connectivity index (χ2n) is 11.4. The zero-order chi connectivity index (χ0) is 19.4. The van der Waals surface area contributed by atoms with Crippen LogP contribution in [0.15, 0.2) is 0 Å². The molecule has 0 saturated carbocycles. The lowest BCUT2D eigenvalue weighted by Crippen LogP contribution is -2.71. The van der Waals surface area contributed by atoms with Crippen molar-refractivity contribution in [2.45, 2.75) is 89.6 Å². The van der Waals surface area contributed by atoms with Crippen molar-refractivity contribution in [3.8, 4) is 0 Å². The van der Waals surface area contributed by atoms with Gasteiger partial charge in [-0.25, -0.2) is 0 Å². The average molecular weight is 379 g/mol. The van der Waals surface area contributed by atoms with Gasteiger partial charge in [-0.05, 0) is 54.4 Å². The van der Waals surface area contributed by atoms with Gasteiger partial charge in [0.05, 0.1) is 13.2 Å². The minimum atomic E-state index is 0.242. The maximum absolute atomic E-state index is 5.94. The molecule has 0 amide bonds. The molecule has 27 heavy (non-hydrogen) atoms. The molecule has 4 aliphatic rings. The third-order valence-corrected chi connectivity index (χ3v) is 7.42. The molecule has 4 heterocycles. The summed E-state index contributed by atoms with van der Waals surface area (Å²) in [6.07, 6.45) is 2.73. The van der Waals surface area contributed by atoms with Gasteiger partial charge in [0.1, 0.15) is 0 Å². The van der Waals surface area contributed by atoms with Crippen LogP contribution in [0.3, 0.4) is 0 Å². The Morgan fingerprint density at radius 2 is 1.19 bits per heavy atom. The zero-order valence-corrected chi connectivity index (χ0v) is 18.6. The number of hydrogen-bond acceptors (Lipinski definition) is 5. The van der Waals surface area contributed by atoms with Crippen molar-refractivity contribution in [1.29, 1.82) is 0 Å². The van der Waals surface area contributed by atoms with E-state index in [2.05, 4.69) is 61.1 Å². The first kappa shape index (κ1) is 20.1. The molecule has 5 nitrogen and oxygen atoms in total. The minimum Gasteiger partial charge on any atom is -0.378 e. The number of ether oxygens (including phenoxy) is 1. The molecule has 4 unspecified atom stereocenters. The maximum atomic E-state index is 5.94. The van der Waals surface area contributed by atoms with E-state index in [0.717, 1.165) is 25.3 Å². The number of rotatable bonds is 1. The molecule has 0 spiro atoms. The first-order valence-electron chi connectivity index (χ1n) is 11.2. The van der Waals surface area contributed by atoms with Crippen LogP contribution in [0.5, 0.6) is 0 Å². The third-order valence-electron chi connectivity index (χ3n) is 7.42. The Bertz CT molecular complexity index is 511. The van der Waals surface area contributed by atoms with Gasteiger partial charge in [0.2, 0.25) is 0 Å². The quantitative estimate of drug-likeness (QED) is 0.695. The molecule has 156 valence electrons. The molecule has 5 heteroatoms. The van der Waals surface area contributed by atoms with Gasteiger partial charge in [0.15, 0.2) is 0 Å². The summed E-state index contributed by atoms with van der Waals surface area (Å²) in [7, 11) is 0. The summed E-state index contributed by atoms with van der Waals surface area (Å²) in [6.45, 7) is 23.4. The molecule has 4 aliphatic heterocycles. The Hall–Kier alpha value is -0.200. The van der Waals surface area contributed by atoms with E-state index < -0.39 is 0 Å². The summed E-state index contributed by atoms with van der Waals surface area (Å²) in [6, 6.07) is 2.64. The van der Waals surface area contributed by atoms with E-state index in [4.69, 9.17) is 4.74 Å². The summed E-state index contributed by atoms with van der Waals surface area (Å²) in [4.78, 5) is 11.1. The highest BCUT2D eigenvalue weighted by molar-refractivity contribution is 5.01. The Morgan fingerprint density at radius 1 is 0.630 bits per heavy atom. The molecule has 0 aliphatic carbocycles. The highest BCUT2D eigenvalue weighted by Gasteiger charge is 2.46. The lowest BCUT2D eigenvalue weighted by atomic mass is 9.90. The Balaban J connectivity index is 1.38. The fourth-order valence-corrected chi connectivity index (χ4v) is 6.15. The fourth-order valence-electron chi connectivity index (χ4n) is 6.15.